The van der Waals surface area contributed by atoms with E-state index in [0.29, 0.717) is 12.3 Å². The van der Waals surface area contributed by atoms with Gasteiger partial charge in [-0.2, -0.15) is 0 Å². The summed E-state index contributed by atoms with van der Waals surface area (Å²) >= 11 is 0. The lowest BCUT2D eigenvalue weighted by atomic mass is 10.1. The molecule has 0 bridgehead atoms. The van der Waals surface area contributed by atoms with E-state index in [1.807, 2.05) is 0 Å². The van der Waals surface area contributed by atoms with Gasteiger partial charge in [0.1, 0.15) is 0 Å². The van der Waals surface area contributed by atoms with E-state index >= 15 is 0 Å². The van der Waals surface area contributed by atoms with Crippen molar-refractivity contribution in [3.63, 3.8) is 0 Å². The summed E-state index contributed by atoms with van der Waals surface area (Å²) in [6.45, 7) is 8.77. The highest BCUT2D eigenvalue weighted by Crippen LogP contribution is 2.09. The van der Waals surface area contributed by atoms with Crippen molar-refractivity contribution in [2.75, 3.05) is 26.2 Å². The van der Waals surface area contributed by atoms with Gasteiger partial charge in [-0.1, -0.05) is 20.3 Å². The van der Waals surface area contributed by atoms with Crippen molar-refractivity contribution >= 4 is 5.91 Å². The molecular weight excluding hydrogens is 212 g/mol. The molecule has 17 heavy (non-hydrogen) atoms. The van der Waals surface area contributed by atoms with Gasteiger partial charge in [-0.15, -0.1) is 0 Å². The Hall–Kier alpha value is -0.570. The van der Waals surface area contributed by atoms with Gasteiger partial charge in [0, 0.05) is 13.0 Å². The normalized spacial score (nSPS) is 17.4. The van der Waals surface area contributed by atoms with Gasteiger partial charge in [0.05, 0.1) is 0 Å². The van der Waals surface area contributed by atoms with Crippen LogP contribution < -0.4 is 5.32 Å². The molecule has 0 aromatic rings. The summed E-state index contributed by atoms with van der Waals surface area (Å²) in [5.41, 5.74) is 0. The first kappa shape index (κ1) is 14.5. The predicted octanol–water partition coefficient (Wildman–Crippen LogP) is 2.41. The second kappa shape index (κ2) is 8.51. The van der Waals surface area contributed by atoms with Gasteiger partial charge in [-0.05, 0) is 51.2 Å². The van der Waals surface area contributed by atoms with Crippen molar-refractivity contribution < 1.29 is 4.79 Å². The molecule has 0 spiro atoms. The fourth-order valence-corrected chi connectivity index (χ4v) is 2.31. The Kier molecular flexibility index (Phi) is 7.25. The fraction of sp³-hybridized carbons (Fsp3) is 0.929. The predicted molar refractivity (Wildman–Crippen MR) is 72.0 cm³/mol. The van der Waals surface area contributed by atoms with Crippen LogP contribution in [0.2, 0.25) is 0 Å². The van der Waals surface area contributed by atoms with E-state index in [1.54, 1.807) is 0 Å². The van der Waals surface area contributed by atoms with Crippen molar-refractivity contribution in [1.29, 1.82) is 0 Å². The number of nitrogens with one attached hydrogen (secondary N) is 1. The summed E-state index contributed by atoms with van der Waals surface area (Å²) in [5, 5.41) is 2.99. The van der Waals surface area contributed by atoms with E-state index < -0.39 is 0 Å². The smallest absolute Gasteiger partial charge is 0.220 e. The van der Waals surface area contributed by atoms with Gasteiger partial charge < -0.3 is 10.2 Å². The number of carbonyl (C=O) groups is 1. The Morgan fingerprint density at radius 2 is 1.88 bits per heavy atom. The van der Waals surface area contributed by atoms with Crippen LogP contribution in [0.15, 0.2) is 0 Å². The molecule has 1 aliphatic rings. The third kappa shape index (κ3) is 7.37. The molecule has 3 nitrogen and oxygen atoms in total. The Bertz CT molecular complexity index is 210. The minimum Gasteiger partial charge on any atom is -0.356 e. The number of carbonyl (C=O) groups excluding carboxylic acids is 1. The Morgan fingerprint density at radius 3 is 2.53 bits per heavy atom. The van der Waals surface area contributed by atoms with Crippen LogP contribution in [0.25, 0.3) is 0 Å². The van der Waals surface area contributed by atoms with Gasteiger partial charge in [-0.25, -0.2) is 0 Å². The number of piperidine rings is 1. The third-order valence-corrected chi connectivity index (χ3v) is 3.27. The van der Waals surface area contributed by atoms with Crippen LogP contribution >= 0.6 is 0 Å². The summed E-state index contributed by atoms with van der Waals surface area (Å²) in [4.78, 5) is 14.0. The van der Waals surface area contributed by atoms with Gasteiger partial charge in [0.25, 0.3) is 0 Å². The van der Waals surface area contributed by atoms with Crippen molar-refractivity contribution in [3.05, 3.63) is 0 Å². The number of likely N-dealkylation sites (tertiary alicyclic amines) is 1. The number of hydrogen-bond acceptors (Lipinski definition) is 2. The van der Waals surface area contributed by atoms with E-state index in [2.05, 4.69) is 24.1 Å². The van der Waals surface area contributed by atoms with Crippen molar-refractivity contribution in [2.24, 2.45) is 5.92 Å². The average molecular weight is 240 g/mol. The summed E-state index contributed by atoms with van der Waals surface area (Å²) in [6.07, 6.45) is 7.12. The zero-order valence-corrected chi connectivity index (χ0v) is 11.5. The van der Waals surface area contributed by atoms with Crippen molar-refractivity contribution in [2.45, 2.75) is 52.4 Å². The highest BCUT2D eigenvalue weighted by atomic mass is 16.1. The van der Waals surface area contributed by atoms with Gasteiger partial charge >= 0.3 is 0 Å². The lowest BCUT2D eigenvalue weighted by molar-refractivity contribution is -0.121. The lowest BCUT2D eigenvalue weighted by Crippen LogP contribution is -2.31. The Balaban J connectivity index is 1.91. The molecule has 1 aliphatic heterocycles. The molecule has 0 atom stereocenters. The quantitative estimate of drug-likeness (QED) is 0.693. The molecule has 0 radical (unpaired) electrons. The molecule has 0 unspecified atom stereocenters. The molecule has 0 aromatic carbocycles. The van der Waals surface area contributed by atoms with E-state index in [-0.39, 0.29) is 5.91 Å². The number of amides is 1. The second-order valence-corrected chi connectivity index (χ2v) is 5.56. The second-order valence-electron chi connectivity index (χ2n) is 5.56. The summed E-state index contributed by atoms with van der Waals surface area (Å²) < 4.78 is 0. The summed E-state index contributed by atoms with van der Waals surface area (Å²) in [7, 11) is 0. The van der Waals surface area contributed by atoms with E-state index in [4.69, 9.17) is 0 Å². The maximum atomic E-state index is 11.4. The molecule has 100 valence electrons. The van der Waals surface area contributed by atoms with E-state index in [9.17, 15) is 4.79 Å². The molecular formula is C14H28N2O. The molecule has 1 saturated heterocycles. The third-order valence-electron chi connectivity index (χ3n) is 3.27. The topological polar surface area (TPSA) is 32.3 Å². The van der Waals surface area contributed by atoms with Crippen LogP contribution in [0.4, 0.5) is 0 Å². The van der Waals surface area contributed by atoms with Crippen LogP contribution in [0, 0.1) is 5.92 Å². The SMILES string of the molecule is CC(C)CC(=O)NCCCCN1CCCCC1. The van der Waals surface area contributed by atoms with Gasteiger partial charge in [0.2, 0.25) is 5.91 Å². The molecule has 1 heterocycles. The Morgan fingerprint density at radius 1 is 1.18 bits per heavy atom. The zero-order valence-electron chi connectivity index (χ0n) is 11.5. The van der Waals surface area contributed by atoms with Crippen LogP contribution in [0.5, 0.6) is 0 Å². The first-order chi connectivity index (χ1) is 8.18. The molecule has 0 aliphatic carbocycles. The van der Waals surface area contributed by atoms with Crippen LogP contribution in [0.3, 0.4) is 0 Å². The molecule has 1 fully saturated rings. The van der Waals surface area contributed by atoms with Gasteiger partial charge in [-0.3, -0.25) is 4.79 Å². The summed E-state index contributed by atoms with van der Waals surface area (Å²) in [5.74, 6) is 0.668. The average Bonchev–Trinajstić information content (AvgIpc) is 2.29. The number of rotatable bonds is 7. The first-order valence-electron chi connectivity index (χ1n) is 7.17. The molecule has 0 aromatic heterocycles. The van der Waals surface area contributed by atoms with Crippen LogP contribution in [-0.4, -0.2) is 37.0 Å². The fourth-order valence-electron chi connectivity index (χ4n) is 2.31. The van der Waals surface area contributed by atoms with Crippen LogP contribution in [-0.2, 0) is 4.79 Å². The first-order valence-corrected chi connectivity index (χ1v) is 7.17. The minimum atomic E-state index is 0.206. The maximum absolute atomic E-state index is 11.4. The van der Waals surface area contributed by atoms with E-state index in [1.165, 1.54) is 45.3 Å². The maximum Gasteiger partial charge on any atom is 0.220 e. The largest absolute Gasteiger partial charge is 0.356 e. The van der Waals surface area contributed by atoms with Crippen LogP contribution in [0.1, 0.15) is 52.4 Å². The minimum absolute atomic E-state index is 0.206. The molecule has 1 rings (SSSR count). The Labute approximate surface area is 106 Å². The standard InChI is InChI=1S/C14H28N2O/c1-13(2)12-14(17)15-8-4-7-11-16-9-5-3-6-10-16/h13H,3-12H2,1-2H3,(H,15,17). The van der Waals surface area contributed by atoms with E-state index in [0.717, 1.165) is 13.0 Å². The van der Waals surface area contributed by atoms with Crippen molar-refractivity contribution in [3.8, 4) is 0 Å². The molecule has 1 N–H and O–H groups in total. The monoisotopic (exact) mass is 240 g/mol. The molecule has 3 heteroatoms. The molecule has 0 saturated carbocycles. The highest BCUT2D eigenvalue weighted by molar-refractivity contribution is 5.75. The molecule has 1 amide bonds. The number of nitrogens with zero attached hydrogens (tertiary/aromatic N) is 1. The highest BCUT2D eigenvalue weighted by Gasteiger charge is 2.09. The van der Waals surface area contributed by atoms with Crippen molar-refractivity contribution in [1.82, 2.24) is 10.2 Å². The van der Waals surface area contributed by atoms with Gasteiger partial charge in [0.15, 0.2) is 0 Å². The number of hydrogen-bond donors (Lipinski definition) is 1. The summed E-state index contributed by atoms with van der Waals surface area (Å²) in [6, 6.07) is 0. The lowest BCUT2D eigenvalue weighted by Gasteiger charge is -2.26. The number of unbranched alkanes of at least 4 members (excludes halogenated alkanes) is 1. The zero-order chi connectivity index (χ0) is 12.5.